The van der Waals surface area contributed by atoms with Crippen molar-refractivity contribution in [3.8, 4) is 0 Å². The molecule has 5 heterocycles. The summed E-state index contributed by atoms with van der Waals surface area (Å²) in [5.74, 6) is 2.32. The smallest absolute Gasteiger partial charge is 0.267 e. The molecule has 2 aromatic heterocycles. The number of fused-ring (bicyclic) bond motifs is 4. The zero-order valence-electron chi connectivity index (χ0n) is 16.6. The largest absolute Gasteiger partial charge is 0.384 e. The molecule has 0 radical (unpaired) electrons. The van der Waals surface area contributed by atoms with Gasteiger partial charge in [0.2, 0.25) is 5.95 Å². The van der Waals surface area contributed by atoms with Crippen LogP contribution in [0.15, 0.2) is 30.6 Å². The van der Waals surface area contributed by atoms with E-state index < -0.39 is 0 Å². The Hall–Kier alpha value is -2.61. The molecule has 0 spiro atoms. The van der Waals surface area contributed by atoms with Gasteiger partial charge in [-0.2, -0.15) is 4.98 Å². The first-order valence-corrected chi connectivity index (χ1v) is 10.7. The van der Waals surface area contributed by atoms with Crippen LogP contribution in [0.25, 0.3) is 0 Å². The monoisotopic (exact) mass is 395 g/mol. The average Bonchev–Trinajstić information content (AvgIpc) is 3.28. The number of hydrogen-bond donors (Lipinski definition) is 3. The fraction of sp³-hybridized carbons (Fsp3) is 0.571. The lowest BCUT2D eigenvalue weighted by atomic mass is 9.72. The third kappa shape index (κ3) is 3.57. The average molecular weight is 396 g/mol. The zero-order chi connectivity index (χ0) is 19.8. The van der Waals surface area contributed by atoms with E-state index in [1.807, 2.05) is 12.1 Å². The minimum absolute atomic E-state index is 0.0301. The highest BCUT2D eigenvalue weighted by Gasteiger charge is 2.47. The Labute approximate surface area is 170 Å². The number of nitrogens with zero attached hydrogens (tertiary/aromatic N) is 4. The number of rotatable bonds is 4. The van der Waals surface area contributed by atoms with E-state index in [1.54, 1.807) is 18.5 Å². The van der Waals surface area contributed by atoms with E-state index in [9.17, 15) is 4.79 Å². The van der Waals surface area contributed by atoms with Gasteiger partial charge in [-0.05, 0) is 55.8 Å². The summed E-state index contributed by atoms with van der Waals surface area (Å²) >= 11 is 0. The van der Waals surface area contributed by atoms with Crippen LogP contribution in [0, 0.1) is 11.8 Å². The lowest BCUT2D eigenvalue weighted by Gasteiger charge is -2.56. The van der Waals surface area contributed by atoms with Crippen molar-refractivity contribution in [1.29, 1.82) is 0 Å². The number of H-pyrrole nitrogens is 1. The third-order valence-electron chi connectivity index (χ3n) is 6.88. The Kier molecular flexibility index (Phi) is 4.87. The van der Waals surface area contributed by atoms with Crippen LogP contribution in [0.4, 0.5) is 11.8 Å². The second-order valence-corrected chi connectivity index (χ2v) is 8.60. The number of nitrogens with two attached hydrogens (primary N) is 1. The fourth-order valence-electron chi connectivity index (χ4n) is 5.63. The summed E-state index contributed by atoms with van der Waals surface area (Å²) in [5, 5.41) is 3.17. The SMILES string of the molecule is Nc1ccnc(N2C[C@H]3C[C@@H](C2)[C@H](CNC(=O)c2ccc[nH]2)N2CCCC[C@@H]32)n1. The summed E-state index contributed by atoms with van der Waals surface area (Å²) in [4.78, 5) is 29.4. The topological polar surface area (TPSA) is 103 Å². The van der Waals surface area contributed by atoms with Gasteiger partial charge in [0.15, 0.2) is 0 Å². The number of nitrogen functional groups attached to an aromatic ring is 1. The van der Waals surface area contributed by atoms with Crippen molar-refractivity contribution in [2.24, 2.45) is 11.8 Å². The van der Waals surface area contributed by atoms with Gasteiger partial charge >= 0.3 is 0 Å². The highest BCUT2D eigenvalue weighted by molar-refractivity contribution is 5.92. The molecule has 4 N–H and O–H groups in total. The molecular formula is C21H29N7O. The summed E-state index contributed by atoms with van der Waals surface area (Å²) < 4.78 is 0. The van der Waals surface area contributed by atoms with Crippen molar-refractivity contribution in [3.05, 3.63) is 36.3 Å². The molecule has 0 unspecified atom stereocenters. The van der Waals surface area contributed by atoms with Crippen molar-refractivity contribution < 1.29 is 4.79 Å². The molecule has 0 saturated carbocycles. The maximum absolute atomic E-state index is 12.5. The summed E-state index contributed by atoms with van der Waals surface area (Å²) in [7, 11) is 0. The molecule has 2 aromatic rings. The second kappa shape index (κ2) is 7.67. The lowest BCUT2D eigenvalue weighted by Crippen LogP contribution is -2.66. The van der Waals surface area contributed by atoms with Crippen molar-refractivity contribution in [1.82, 2.24) is 25.2 Å². The van der Waals surface area contributed by atoms with E-state index in [-0.39, 0.29) is 5.91 Å². The number of nitrogens with one attached hydrogen (secondary N) is 2. The van der Waals surface area contributed by atoms with Gasteiger partial charge in [0.05, 0.1) is 0 Å². The van der Waals surface area contributed by atoms with Gasteiger partial charge in [0.25, 0.3) is 5.91 Å². The molecule has 3 aliphatic rings. The second-order valence-electron chi connectivity index (χ2n) is 8.60. The number of carbonyl (C=O) groups excluding carboxylic acids is 1. The number of aromatic amines is 1. The number of carbonyl (C=O) groups is 1. The van der Waals surface area contributed by atoms with Crippen LogP contribution in [0.3, 0.4) is 0 Å². The van der Waals surface area contributed by atoms with Crippen molar-refractivity contribution >= 4 is 17.7 Å². The van der Waals surface area contributed by atoms with E-state index in [1.165, 1.54) is 25.7 Å². The standard InChI is InChI=1S/C21H29N7O/c22-19-6-8-24-21(26-19)27-12-14-10-15(13-27)18(28-9-2-1-5-17(14)28)11-25-20(29)16-4-3-7-23-16/h3-4,6-8,14-15,17-18,23H,1-2,5,9-13H2,(H,25,29)(H2,22,24,26)/t14-,15+,17+,18+/m1/s1. The molecule has 8 heteroatoms. The van der Waals surface area contributed by atoms with Gasteiger partial charge in [0.1, 0.15) is 11.5 Å². The van der Waals surface area contributed by atoms with Crippen LogP contribution in [-0.4, -0.2) is 64.0 Å². The minimum atomic E-state index is -0.0301. The van der Waals surface area contributed by atoms with Gasteiger partial charge in [0, 0.05) is 44.1 Å². The van der Waals surface area contributed by atoms with Gasteiger partial charge in [-0.3, -0.25) is 9.69 Å². The van der Waals surface area contributed by atoms with Crippen LogP contribution >= 0.6 is 0 Å². The van der Waals surface area contributed by atoms with Gasteiger partial charge in [-0.25, -0.2) is 4.98 Å². The van der Waals surface area contributed by atoms with E-state index in [4.69, 9.17) is 5.73 Å². The summed E-state index contributed by atoms with van der Waals surface area (Å²) in [6.07, 6.45) is 8.51. The molecular weight excluding hydrogens is 366 g/mol. The Morgan fingerprint density at radius 1 is 1.28 bits per heavy atom. The van der Waals surface area contributed by atoms with Crippen molar-refractivity contribution in [3.63, 3.8) is 0 Å². The van der Waals surface area contributed by atoms with Crippen LogP contribution in [0.2, 0.25) is 0 Å². The molecule has 1 amide bonds. The predicted molar refractivity (Wildman–Crippen MR) is 112 cm³/mol. The fourth-order valence-corrected chi connectivity index (χ4v) is 5.63. The van der Waals surface area contributed by atoms with E-state index in [0.717, 1.165) is 25.6 Å². The highest BCUT2D eigenvalue weighted by Crippen LogP contribution is 2.41. The Bertz CT molecular complexity index is 854. The van der Waals surface area contributed by atoms with Crippen LogP contribution < -0.4 is 16.0 Å². The van der Waals surface area contributed by atoms with Gasteiger partial charge < -0.3 is 20.9 Å². The molecule has 2 bridgehead atoms. The van der Waals surface area contributed by atoms with E-state index >= 15 is 0 Å². The van der Waals surface area contributed by atoms with Crippen molar-refractivity contribution in [2.75, 3.05) is 36.8 Å². The molecule has 5 rings (SSSR count). The lowest BCUT2D eigenvalue weighted by molar-refractivity contribution is -0.0309. The number of amides is 1. The quantitative estimate of drug-likeness (QED) is 0.725. The molecule has 0 aromatic carbocycles. The zero-order valence-corrected chi connectivity index (χ0v) is 16.6. The Morgan fingerprint density at radius 3 is 3.00 bits per heavy atom. The molecule has 3 saturated heterocycles. The molecule has 3 aliphatic heterocycles. The first-order valence-electron chi connectivity index (χ1n) is 10.7. The summed E-state index contributed by atoms with van der Waals surface area (Å²) in [5.41, 5.74) is 6.52. The maximum Gasteiger partial charge on any atom is 0.267 e. The Morgan fingerprint density at radius 2 is 2.17 bits per heavy atom. The molecule has 8 nitrogen and oxygen atoms in total. The number of anilines is 2. The molecule has 154 valence electrons. The molecule has 29 heavy (non-hydrogen) atoms. The van der Waals surface area contributed by atoms with Crippen LogP contribution in [0.5, 0.6) is 0 Å². The first kappa shape index (κ1) is 18.4. The third-order valence-corrected chi connectivity index (χ3v) is 6.88. The van der Waals surface area contributed by atoms with Gasteiger partial charge in [-0.1, -0.05) is 6.42 Å². The minimum Gasteiger partial charge on any atom is -0.384 e. The summed E-state index contributed by atoms with van der Waals surface area (Å²) in [6.45, 7) is 3.71. The first-order chi connectivity index (χ1) is 14.2. The van der Waals surface area contributed by atoms with E-state index in [0.29, 0.717) is 42.0 Å². The summed E-state index contributed by atoms with van der Waals surface area (Å²) in [6, 6.07) is 6.33. The van der Waals surface area contributed by atoms with Crippen LogP contribution in [-0.2, 0) is 0 Å². The van der Waals surface area contributed by atoms with Crippen molar-refractivity contribution in [2.45, 2.75) is 37.8 Å². The van der Waals surface area contributed by atoms with E-state index in [2.05, 4.69) is 30.1 Å². The molecule has 3 fully saturated rings. The predicted octanol–water partition coefficient (Wildman–Crippen LogP) is 1.50. The Balaban J connectivity index is 1.36. The van der Waals surface area contributed by atoms with Crippen LogP contribution in [0.1, 0.15) is 36.2 Å². The van der Waals surface area contributed by atoms with Gasteiger partial charge in [-0.15, -0.1) is 0 Å². The maximum atomic E-state index is 12.5. The molecule has 0 aliphatic carbocycles. The number of piperidine rings is 3. The normalized spacial score (nSPS) is 29.3. The molecule has 4 atom stereocenters. The number of aromatic nitrogens is 3. The number of hydrogen-bond acceptors (Lipinski definition) is 6. The highest BCUT2D eigenvalue weighted by atomic mass is 16.1.